The number of benzene rings is 3. The Bertz CT molecular complexity index is 1480. The molecule has 0 saturated carbocycles. The summed E-state index contributed by atoms with van der Waals surface area (Å²) < 4.78 is 22.5. The second-order valence-electron chi connectivity index (χ2n) is 10.7. The van der Waals surface area contributed by atoms with Gasteiger partial charge in [-0.05, 0) is 80.7 Å². The van der Waals surface area contributed by atoms with Crippen LogP contribution in [0.5, 0.6) is 11.8 Å². The van der Waals surface area contributed by atoms with Crippen molar-refractivity contribution in [1.29, 1.82) is 0 Å². The molecule has 8 heteroatoms. The van der Waals surface area contributed by atoms with E-state index in [0.29, 0.717) is 29.3 Å². The zero-order valence-corrected chi connectivity index (χ0v) is 23.1. The highest BCUT2D eigenvalue weighted by molar-refractivity contribution is 6.35. The largest absolute Gasteiger partial charge is 0.508 e. The first-order chi connectivity index (χ1) is 18.2. The number of aromatic hydroxyl groups is 1. The first-order valence-corrected chi connectivity index (χ1v) is 13.6. The quantitative estimate of drug-likeness (QED) is 0.259. The van der Waals surface area contributed by atoms with Crippen LogP contribution in [0.1, 0.15) is 33.1 Å². The van der Waals surface area contributed by atoms with Crippen molar-refractivity contribution >= 4 is 39.1 Å². The molecule has 6 nitrogen and oxygen atoms in total. The summed E-state index contributed by atoms with van der Waals surface area (Å²) in [7, 11) is 4.02. The van der Waals surface area contributed by atoms with Gasteiger partial charge in [0.15, 0.2) is 5.82 Å². The number of halogens is 2. The van der Waals surface area contributed by atoms with Gasteiger partial charge < -0.3 is 19.6 Å². The van der Waals surface area contributed by atoms with E-state index < -0.39 is 5.82 Å². The molecule has 2 heterocycles. The van der Waals surface area contributed by atoms with Crippen molar-refractivity contribution in [3.8, 4) is 22.9 Å². The summed E-state index contributed by atoms with van der Waals surface area (Å²) in [4.78, 5) is 13.6. The fourth-order valence-corrected chi connectivity index (χ4v) is 5.61. The number of fused-ring (bicyclic) bond motifs is 2. The number of anilines is 1. The van der Waals surface area contributed by atoms with Crippen LogP contribution in [0.25, 0.3) is 32.8 Å². The Morgan fingerprint density at radius 3 is 2.68 bits per heavy atom. The molecule has 0 radical (unpaired) electrons. The molecule has 1 aliphatic rings. The van der Waals surface area contributed by atoms with E-state index in [4.69, 9.17) is 21.3 Å². The number of phenols is 1. The maximum Gasteiger partial charge on any atom is 0.319 e. The molecule has 1 aromatic heterocycles. The van der Waals surface area contributed by atoms with Crippen molar-refractivity contribution in [2.75, 3.05) is 38.7 Å². The predicted octanol–water partition coefficient (Wildman–Crippen LogP) is 6.90. The number of rotatable bonds is 7. The lowest BCUT2D eigenvalue weighted by atomic mass is 9.94. The van der Waals surface area contributed by atoms with Gasteiger partial charge in [-0.1, -0.05) is 42.8 Å². The van der Waals surface area contributed by atoms with Crippen molar-refractivity contribution in [3.63, 3.8) is 0 Å². The first-order valence-electron chi connectivity index (χ1n) is 13.2. The van der Waals surface area contributed by atoms with Gasteiger partial charge in [-0.25, -0.2) is 4.39 Å². The minimum Gasteiger partial charge on any atom is -0.508 e. The molecule has 1 fully saturated rings. The number of piperidine rings is 1. The van der Waals surface area contributed by atoms with E-state index in [1.54, 1.807) is 18.2 Å². The SMILES string of the molecule is C[C@H]1CC[C@H](C)N(c2nc(OCCCN(C)C)nc3c(F)c(-c4cc(O)cc5ccccc45)c(Cl)cc23)C1. The highest BCUT2D eigenvalue weighted by Crippen LogP contribution is 2.43. The lowest BCUT2D eigenvalue weighted by molar-refractivity contribution is 0.264. The van der Waals surface area contributed by atoms with Crippen LogP contribution in [0.2, 0.25) is 5.02 Å². The Balaban J connectivity index is 1.70. The standard InChI is InChI=1S/C30H34ClFN4O2/c1-18-10-11-19(2)36(17-18)29-24-16-25(31)26(23-15-21(37)14-20-8-5-6-9-22(20)23)27(32)28(24)33-30(34-29)38-13-7-12-35(3)4/h5-6,8-9,14-16,18-19,37H,7,10-13,17H2,1-4H3/t18-,19-/m0/s1. The Labute approximate surface area is 228 Å². The van der Waals surface area contributed by atoms with Crippen molar-refractivity contribution in [2.45, 2.75) is 39.2 Å². The van der Waals surface area contributed by atoms with Gasteiger partial charge in [-0.15, -0.1) is 0 Å². The van der Waals surface area contributed by atoms with E-state index in [2.05, 4.69) is 28.6 Å². The molecule has 0 amide bonds. The van der Waals surface area contributed by atoms with Crippen LogP contribution in [0.15, 0.2) is 42.5 Å². The van der Waals surface area contributed by atoms with Gasteiger partial charge in [0, 0.05) is 30.1 Å². The van der Waals surface area contributed by atoms with E-state index in [9.17, 15) is 5.11 Å². The van der Waals surface area contributed by atoms with Gasteiger partial charge in [-0.3, -0.25) is 0 Å². The number of nitrogens with zero attached hydrogens (tertiary/aromatic N) is 4. The van der Waals surface area contributed by atoms with E-state index in [1.807, 2.05) is 38.4 Å². The second kappa shape index (κ2) is 10.9. The van der Waals surface area contributed by atoms with Crippen LogP contribution in [0, 0.1) is 11.7 Å². The Morgan fingerprint density at radius 1 is 1.11 bits per heavy atom. The molecule has 5 rings (SSSR count). The highest BCUT2D eigenvalue weighted by atomic mass is 35.5. The van der Waals surface area contributed by atoms with E-state index in [1.165, 1.54) is 0 Å². The number of hydrogen-bond donors (Lipinski definition) is 1. The second-order valence-corrected chi connectivity index (χ2v) is 11.1. The molecule has 1 N–H and O–H groups in total. The molecule has 0 spiro atoms. The van der Waals surface area contributed by atoms with Gasteiger partial charge in [0.25, 0.3) is 0 Å². The van der Waals surface area contributed by atoms with Crippen LogP contribution < -0.4 is 9.64 Å². The van der Waals surface area contributed by atoms with Crippen molar-refractivity contribution in [2.24, 2.45) is 5.92 Å². The number of hydrogen-bond acceptors (Lipinski definition) is 6. The minimum atomic E-state index is -0.553. The van der Waals surface area contributed by atoms with Crippen LogP contribution in [0.3, 0.4) is 0 Å². The maximum atomic E-state index is 16.5. The molecule has 4 aromatic rings. The summed E-state index contributed by atoms with van der Waals surface area (Å²) in [6.07, 6.45) is 2.96. The van der Waals surface area contributed by atoms with Crippen molar-refractivity contribution in [1.82, 2.24) is 14.9 Å². The van der Waals surface area contributed by atoms with E-state index in [-0.39, 0.29) is 33.9 Å². The van der Waals surface area contributed by atoms with Crippen LogP contribution >= 0.6 is 11.6 Å². The molecule has 1 aliphatic heterocycles. The molecule has 200 valence electrons. The molecule has 2 atom stereocenters. The third kappa shape index (κ3) is 5.22. The molecule has 0 bridgehead atoms. The lowest BCUT2D eigenvalue weighted by Gasteiger charge is -2.38. The maximum absolute atomic E-state index is 16.5. The van der Waals surface area contributed by atoms with Crippen LogP contribution in [-0.4, -0.2) is 59.8 Å². The fraction of sp³-hybridized carbons (Fsp3) is 0.400. The summed E-state index contributed by atoms with van der Waals surface area (Å²) in [5.74, 6) is 0.616. The first kappa shape index (κ1) is 26.4. The van der Waals surface area contributed by atoms with Gasteiger partial charge in [0.1, 0.15) is 17.1 Å². The summed E-state index contributed by atoms with van der Waals surface area (Å²) >= 11 is 6.81. The smallest absolute Gasteiger partial charge is 0.319 e. The monoisotopic (exact) mass is 536 g/mol. The molecule has 0 aliphatic carbocycles. The van der Waals surface area contributed by atoms with Gasteiger partial charge in [-0.2, -0.15) is 9.97 Å². The van der Waals surface area contributed by atoms with E-state index in [0.717, 1.165) is 43.1 Å². The van der Waals surface area contributed by atoms with Gasteiger partial charge in [0.05, 0.1) is 11.6 Å². The Kier molecular flexibility index (Phi) is 7.59. The molecular weight excluding hydrogens is 503 g/mol. The topological polar surface area (TPSA) is 61.7 Å². The molecule has 1 saturated heterocycles. The molecule has 0 unspecified atom stereocenters. The zero-order chi connectivity index (χ0) is 27.0. The van der Waals surface area contributed by atoms with Gasteiger partial charge in [0.2, 0.25) is 0 Å². The normalized spacial score (nSPS) is 18.0. The summed E-state index contributed by atoms with van der Waals surface area (Å²) in [5, 5.41) is 12.8. The summed E-state index contributed by atoms with van der Waals surface area (Å²) in [6, 6.07) is 12.9. The van der Waals surface area contributed by atoms with Crippen LogP contribution in [-0.2, 0) is 0 Å². The average Bonchev–Trinajstić information content (AvgIpc) is 2.88. The highest BCUT2D eigenvalue weighted by Gasteiger charge is 2.29. The zero-order valence-electron chi connectivity index (χ0n) is 22.3. The Morgan fingerprint density at radius 2 is 1.89 bits per heavy atom. The summed E-state index contributed by atoms with van der Waals surface area (Å²) in [5.41, 5.74) is 0.878. The van der Waals surface area contributed by atoms with Crippen LogP contribution in [0.4, 0.5) is 10.2 Å². The molecular formula is C30H34ClFN4O2. The fourth-order valence-electron chi connectivity index (χ4n) is 5.32. The van der Waals surface area contributed by atoms with Crippen molar-refractivity contribution in [3.05, 3.63) is 53.3 Å². The number of aromatic nitrogens is 2. The third-order valence-electron chi connectivity index (χ3n) is 7.33. The Hall–Kier alpha value is -3.16. The molecule has 3 aromatic carbocycles. The minimum absolute atomic E-state index is 0.0404. The van der Waals surface area contributed by atoms with E-state index >= 15 is 4.39 Å². The lowest BCUT2D eigenvalue weighted by Crippen LogP contribution is -2.41. The number of ether oxygens (including phenoxy) is 1. The molecule has 38 heavy (non-hydrogen) atoms. The van der Waals surface area contributed by atoms with Crippen molar-refractivity contribution < 1.29 is 14.2 Å². The van der Waals surface area contributed by atoms with Gasteiger partial charge >= 0.3 is 6.01 Å². The summed E-state index contributed by atoms with van der Waals surface area (Å²) in [6.45, 7) is 6.49. The predicted molar refractivity (Wildman–Crippen MR) is 153 cm³/mol. The third-order valence-corrected chi connectivity index (χ3v) is 7.63. The average molecular weight is 537 g/mol. The number of phenolic OH excluding ortho intramolecular Hbond substituents is 1.